The fraction of sp³-hybridized carbons (Fsp3) is 0.417. The second-order valence-corrected chi connectivity index (χ2v) is 9.32. The molecular weight excluding hydrogens is 314 g/mol. The molecule has 0 radical (unpaired) electrons. The Bertz CT molecular complexity index is 696. The van der Waals surface area contributed by atoms with Gasteiger partial charge in [-0.3, -0.25) is 0 Å². The van der Waals surface area contributed by atoms with Crippen LogP contribution in [0.25, 0.3) is 10.6 Å². The predicted molar refractivity (Wildman–Crippen MR) is 83.6 cm³/mol. The van der Waals surface area contributed by atoms with E-state index >= 15 is 0 Å². The molecule has 2 heterocycles. The Kier molecular flexibility index (Phi) is 4.31. The molecule has 0 saturated heterocycles. The lowest BCUT2D eigenvalue weighted by atomic mass is 10.1. The number of hydrogen-bond donors (Lipinski definition) is 2. The number of nitrogens with one attached hydrogen (secondary N) is 1. The van der Waals surface area contributed by atoms with Gasteiger partial charge in [-0.1, -0.05) is 0 Å². The van der Waals surface area contributed by atoms with Gasteiger partial charge in [0.1, 0.15) is 4.21 Å². The highest BCUT2D eigenvalue weighted by atomic mass is 32.2. The first-order valence-electron chi connectivity index (χ1n) is 5.98. The number of aryl methyl sites for hydroxylation is 1. The first-order valence-corrected chi connectivity index (χ1v) is 9.16. The molecule has 0 unspecified atom stereocenters. The van der Waals surface area contributed by atoms with Crippen molar-refractivity contribution in [3.8, 4) is 10.6 Å². The van der Waals surface area contributed by atoms with E-state index in [2.05, 4.69) is 9.71 Å². The Labute approximate surface area is 126 Å². The van der Waals surface area contributed by atoms with Crippen LogP contribution in [0.4, 0.5) is 0 Å². The molecule has 0 saturated carbocycles. The van der Waals surface area contributed by atoms with Crippen LogP contribution in [0, 0.1) is 6.92 Å². The van der Waals surface area contributed by atoms with Gasteiger partial charge in [0, 0.05) is 17.5 Å². The molecule has 0 spiro atoms. The summed E-state index contributed by atoms with van der Waals surface area (Å²) in [5.41, 5.74) is 6.02. The molecule has 0 aliphatic rings. The third-order valence-corrected chi connectivity index (χ3v) is 6.21. The van der Waals surface area contributed by atoms with Crippen LogP contribution in [0.2, 0.25) is 0 Å². The van der Waals surface area contributed by atoms with E-state index in [0.717, 1.165) is 15.6 Å². The van der Waals surface area contributed by atoms with E-state index in [1.165, 1.54) is 11.3 Å². The number of hydrogen-bond acceptors (Lipinski definition) is 6. The van der Waals surface area contributed by atoms with Crippen molar-refractivity contribution in [2.45, 2.75) is 30.5 Å². The standard InChI is InChI=1S/C12H17N3O2S3/c1-8-15-9(6-18-8)10-4-5-11(19-10)20(16,17)14-7-12(2,3)13/h4-6,14H,7,13H2,1-3H3. The zero-order chi connectivity index (χ0) is 15.0. The molecule has 0 aromatic carbocycles. The molecule has 0 aliphatic heterocycles. The molecule has 0 amide bonds. The third kappa shape index (κ3) is 3.86. The van der Waals surface area contributed by atoms with Crippen molar-refractivity contribution in [1.82, 2.24) is 9.71 Å². The highest BCUT2D eigenvalue weighted by Gasteiger charge is 2.21. The summed E-state index contributed by atoms with van der Waals surface area (Å²) in [5, 5.41) is 2.88. The van der Waals surface area contributed by atoms with Crippen molar-refractivity contribution < 1.29 is 8.42 Å². The SMILES string of the molecule is Cc1nc(-c2ccc(S(=O)(=O)NCC(C)(C)N)s2)cs1. The fourth-order valence-electron chi connectivity index (χ4n) is 1.43. The van der Waals surface area contributed by atoms with Gasteiger partial charge in [0.25, 0.3) is 0 Å². The van der Waals surface area contributed by atoms with E-state index in [-0.39, 0.29) is 10.8 Å². The van der Waals surface area contributed by atoms with Gasteiger partial charge in [-0.2, -0.15) is 0 Å². The van der Waals surface area contributed by atoms with E-state index in [0.29, 0.717) is 0 Å². The van der Waals surface area contributed by atoms with Gasteiger partial charge in [0.15, 0.2) is 0 Å². The summed E-state index contributed by atoms with van der Waals surface area (Å²) in [5.74, 6) is 0. The maximum absolute atomic E-state index is 12.2. The molecular formula is C12H17N3O2S3. The molecule has 20 heavy (non-hydrogen) atoms. The smallest absolute Gasteiger partial charge is 0.250 e. The largest absolute Gasteiger partial charge is 0.324 e. The number of thiophene rings is 1. The zero-order valence-electron chi connectivity index (χ0n) is 11.5. The number of nitrogens with two attached hydrogens (primary N) is 1. The number of thiazole rings is 1. The molecule has 0 atom stereocenters. The summed E-state index contributed by atoms with van der Waals surface area (Å²) in [4.78, 5) is 5.20. The quantitative estimate of drug-likeness (QED) is 0.879. The number of rotatable bonds is 5. The van der Waals surface area contributed by atoms with E-state index in [1.807, 2.05) is 12.3 Å². The van der Waals surface area contributed by atoms with Gasteiger partial charge >= 0.3 is 0 Å². The summed E-state index contributed by atoms with van der Waals surface area (Å²) in [6.45, 7) is 5.66. The fourth-order valence-corrected chi connectivity index (χ4v) is 4.65. The average Bonchev–Trinajstić information content (AvgIpc) is 2.94. The molecule has 8 heteroatoms. The lowest BCUT2D eigenvalue weighted by Crippen LogP contribution is -2.44. The molecule has 2 rings (SSSR count). The minimum atomic E-state index is -3.51. The summed E-state index contributed by atoms with van der Waals surface area (Å²) in [6.07, 6.45) is 0. The van der Waals surface area contributed by atoms with Gasteiger partial charge in [-0.15, -0.1) is 22.7 Å². The molecule has 0 fully saturated rings. The average molecular weight is 331 g/mol. The first-order chi connectivity index (χ1) is 9.17. The van der Waals surface area contributed by atoms with E-state index in [1.54, 1.807) is 37.3 Å². The van der Waals surface area contributed by atoms with Crippen LogP contribution in [0.3, 0.4) is 0 Å². The van der Waals surface area contributed by atoms with Crippen LogP contribution in [-0.2, 0) is 10.0 Å². The zero-order valence-corrected chi connectivity index (χ0v) is 14.0. The lowest BCUT2D eigenvalue weighted by molar-refractivity contribution is 0.498. The molecule has 0 aliphatic carbocycles. The van der Waals surface area contributed by atoms with Crippen LogP contribution >= 0.6 is 22.7 Å². The molecule has 0 bridgehead atoms. The summed E-state index contributed by atoms with van der Waals surface area (Å²) in [6, 6.07) is 3.38. The molecule has 110 valence electrons. The van der Waals surface area contributed by atoms with Gasteiger partial charge in [0.2, 0.25) is 10.0 Å². The van der Waals surface area contributed by atoms with Gasteiger partial charge in [-0.05, 0) is 32.9 Å². The number of nitrogens with zero attached hydrogens (tertiary/aromatic N) is 1. The van der Waals surface area contributed by atoms with Crippen LogP contribution in [0.5, 0.6) is 0 Å². The van der Waals surface area contributed by atoms with Crippen LogP contribution < -0.4 is 10.5 Å². The Morgan fingerprint density at radius 3 is 2.65 bits per heavy atom. The molecule has 2 aromatic rings. The van der Waals surface area contributed by atoms with Crippen molar-refractivity contribution >= 4 is 32.7 Å². The Hall–Kier alpha value is -0.800. The molecule has 3 N–H and O–H groups in total. The topological polar surface area (TPSA) is 85.1 Å². The van der Waals surface area contributed by atoms with E-state index in [9.17, 15) is 8.42 Å². The highest BCUT2D eigenvalue weighted by molar-refractivity contribution is 7.91. The van der Waals surface area contributed by atoms with Crippen LogP contribution in [0.15, 0.2) is 21.7 Å². The van der Waals surface area contributed by atoms with E-state index in [4.69, 9.17) is 5.73 Å². The van der Waals surface area contributed by atoms with Crippen molar-refractivity contribution in [2.75, 3.05) is 6.54 Å². The second kappa shape index (κ2) is 5.53. The van der Waals surface area contributed by atoms with E-state index < -0.39 is 15.6 Å². The van der Waals surface area contributed by atoms with Crippen LogP contribution in [0.1, 0.15) is 18.9 Å². The number of sulfonamides is 1. The Balaban J connectivity index is 2.20. The first kappa shape index (κ1) is 15.6. The third-order valence-electron chi connectivity index (χ3n) is 2.44. The highest BCUT2D eigenvalue weighted by Crippen LogP contribution is 2.31. The normalized spacial score (nSPS) is 12.8. The van der Waals surface area contributed by atoms with Crippen molar-refractivity contribution in [3.05, 3.63) is 22.5 Å². The minimum Gasteiger partial charge on any atom is -0.324 e. The predicted octanol–water partition coefficient (Wildman–Crippen LogP) is 2.20. The maximum Gasteiger partial charge on any atom is 0.250 e. The van der Waals surface area contributed by atoms with Gasteiger partial charge < -0.3 is 5.73 Å². The van der Waals surface area contributed by atoms with Gasteiger partial charge in [-0.25, -0.2) is 18.1 Å². The summed E-state index contributed by atoms with van der Waals surface area (Å²) < 4.78 is 27.1. The maximum atomic E-state index is 12.2. The summed E-state index contributed by atoms with van der Waals surface area (Å²) in [7, 11) is -3.51. The molecule has 5 nitrogen and oxygen atoms in total. The second-order valence-electron chi connectivity index (χ2n) is 5.18. The van der Waals surface area contributed by atoms with Gasteiger partial charge in [0.05, 0.1) is 15.6 Å². The minimum absolute atomic E-state index is 0.193. The Morgan fingerprint density at radius 2 is 2.10 bits per heavy atom. The summed E-state index contributed by atoms with van der Waals surface area (Å²) >= 11 is 2.75. The van der Waals surface area contributed by atoms with Crippen LogP contribution in [-0.4, -0.2) is 25.5 Å². The number of aromatic nitrogens is 1. The van der Waals surface area contributed by atoms with Crippen molar-refractivity contribution in [3.63, 3.8) is 0 Å². The molecule has 2 aromatic heterocycles. The lowest BCUT2D eigenvalue weighted by Gasteiger charge is -2.18. The monoisotopic (exact) mass is 331 g/mol. The Morgan fingerprint density at radius 1 is 1.40 bits per heavy atom. The van der Waals surface area contributed by atoms with Crippen molar-refractivity contribution in [2.24, 2.45) is 5.73 Å². The van der Waals surface area contributed by atoms with Crippen molar-refractivity contribution in [1.29, 1.82) is 0 Å².